The fourth-order valence-electron chi connectivity index (χ4n) is 3.28. The van der Waals surface area contributed by atoms with Crippen LogP contribution in [-0.2, 0) is 13.1 Å². The van der Waals surface area contributed by atoms with Gasteiger partial charge in [-0.1, -0.05) is 18.2 Å². The van der Waals surface area contributed by atoms with Gasteiger partial charge in [0.05, 0.1) is 13.2 Å². The van der Waals surface area contributed by atoms with Crippen LogP contribution >= 0.6 is 0 Å². The fourth-order valence-corrected chi connectivity index (χ4v) is 3.28. The van der Waals surface area contributed by atoms with Crippen molar-refractivity contribution in [2.75, 3.05) is 19.8 Å². The molecule has 0 atom stereocenters. The van der Waals surface area contributed by atoms with Crippen LogP contribution in [0.3, 0.4) is 0 Å². The molecule has 0 spiro atoms. The third-order valence-electron chi connectivity index (χ3n) is 4.60. The molecule has 0 fully saturated rings. The Morgan fingerprint density at radius 2 is 1.81 bits per heavy atom. The normalized spacial score (nSPS) is 14.1. The molecule has 0 bridgehead atoms. The highest BCUT2D eigenvalue weighted by atomic mass is 16.5. The molecule has 0 N–H and O–H groups in total. The van der Waals surface area contributed by atoms with Gasteiger partial charge in [0.15, 0.2) is 0 Å². The van der Waals surface area contributed by atoms with Gasteiger partial charge in [0.1, 0.15) is 23.9 Å². The lowest BCUT2D eigenvalue weighted by Crippen LogP contribution is -2.26. The zero-order valence-electron chi connectivity index (χ0n) is 15.5. The Morgan fingerprint density at radius 1 is 1.04 bits per heavy atom. The van der Waals surface area contributed by atoms with E-state index in [-0.39, 0.29) is 0 Å². The molecule has 0 saturated carbocycles. The Labute approximate surface area is 159 Å². The maximum absolute atomic E-state index is 5.96. The lowest BCUT2D eigenvalue weighted by atomic mass is 10.0. The number of nitrogens with zero attached hydrogens (tertiary/aromatic N) is 3. The Balaban J connectivity index is 1.55. The maximum atomic E-state index is 5.96. The van der Waals surface area contributed by atoms with E-state index >= 15 is 0 Å². The van der Waals surface area contributed by atoms with Crippen molar-refractivity contribution in [2.24, 2.45) is 0 Å². The second kappa shape index (κ2) is 8.18. The van der Waals surface area contributed by atoms with Gasteiger partial charge in [0, 0.05) is 31.0 Å². The van der Waals surface area contributed by atoms with Gasteiger partial charge in [-0.15, -0.1) is 0 Å². The molecule has 138 valence electrons. The molecular weight excluding hydrogens is 338 g/mol. The number of hydrogen-bond donors (Lipinski definition) is 0. The van der Waals surface area contributed by atoms with Gasteiger partial charge in [0.25, 0.3) is 0 Å². The molecule has 0 saturated heterocycles. The number of aromatic nitrogens is 2. The lowest BCUT2D eigenvalue weighted by Gasteiger charge is -2.18. The smallest absolute Gasteiger partial charge is 0.142 e. The lowest BCUT2D eigenvalue weighted by molar-refractivity contribution is 0.215. The fraction of sp³-hybridized carbons (Fsp3) is 0.273. The van der Waals surface area contributed by atoms with Crippen molar-refractivity contribution in [2.45, 2.75) is 20.0 Å². The van der Waals surface area contributed by atoms with Gasteiger partial charge in [-0.3, -0.25) is 4.90 Å². The van der Waals surface area contributed by atoms with E-state index in [1.165, 1.54) is 16.7 Å². The summed E-state index contributed by atoms with van der Waals surface area (Å²) in [7, 11) is 0. The molecule has 5 heteroatoms. The monoisotopic (exact) mass is 361 g/mol. The summed E-state index contributed by atoms with van der Waals surface area (Å²) in [6.07, 6.45) is 3.57. The maximum Gasteiger partial charge on any atom is 0.142 e. The molecule has 1 aliphatic rings. The average Bonchev–Trinajstić information content (AvgIpc) is 2.90. The summed E-state index contributed by atoms with van der Waals surface area (Å²) >= 11 is 0. The number of ether oxygens (including phenoxy) is 2. The standard InChI is InChI=1S/C22H23N3O2/c1-2-26-20-7-4-17(5-8-20)18-6-9-21-19(14-18)15-25(12-13-27-21)16-22-23-10-3-11-24-22/h3-11,14H,2,12-13,15-16H2,1H3. The predicted octanol–water partition coefficient (Wildman–Crippen LogP) is 3.94. The van der Waals surface area contributed by atoms with E-state index in [4.69, 9.17) is 9.47 Å². The molecule has 2 aromatic carbocycles. The zero-order chi connectivity index (χ0) is 18.5. The molecule has 3 aromatic rings. The Bertz CT molecular complexity index is 882. The van der Waals surface area contributed by atoms with Crippen molar-refractivity contribution in [3.63, 3.8) is 0 Å². The summed E-state index contributed by atoms with van der Waals surface area (Å²) in [5.41, 5.74) is 3.54. The zero-order valence-corrected chi connectivity index (χ0v) is 15.5. The van der Waals surface area contributed by atoms with E-state index in [0.29, 0.717) is 13.2 Å². The van der Waals surface area contributed by atoms with Gasteiger partial charge in [-0.2, -0.15) is 0 Å². The molecule has 1 aliphatic heterocycles. The number of fused-ring (bicyclic) bond motifs is 1. The highest BCUT2D eigenvalue weighted by Crippen LogP contribution is 2.30. The number of hydrogen-bond acceptors (Lipinski definition) is 5. The largest absolute Gasteiger partial charge is 0.494 e. The summed E-state index contributed by atoms with van der Waals surface area (Å²) in [4.78, 5) is 11.0. The van der Waals surface area contributed by atoms with Gasteiger partial charge < -0.3 is 9.47 Å². The van der Waals surface area contributed by atoms with E-state index < -0.39 is 0 Å². The van der Waals surface area contributed by atoms with E-state index in [0.717, 1.165) is 37.0 Å². The first kappa shape index (κ1) is 17.5. The first-order valence-electron chi connectivity index (χ1n) is 9.29. The van der Waals surface area contributed by atoms with Crippen LogP contribution in [-0.4, -0.2) is 34.6 Å². The first-order chi connectivity index (χ1) is 13.3. The Kier molecular flexibility index (Phi) is 5.30. The van der Waals surface area contributed by atoms with Crippen molar-refractivity contribution in [1.82, 2.24) is 14.9 Å². The minimum Gasteiger partial charge on any atom is -0.494 e. The quantitative estimate of drug-likeness (QED) is 0.689. The first-order valence-corrected chi connectivity index (χ1v) is 9.29. The van der Waals surface area contributed by atoms with Crippen LogP contribution in [0.5, 0.6) is 11.5 Å². The highest BCUT2D eigenvalue weighted by Gasteiger charge is 2.17. The van der Waals surface area contributed by atoms with Gasteiger partial charge in [-0.05, 0) is 48.4 Å². The average molecular weight is 361 g/mol. The van der Waals surface area contributed by atoms with Crippen LogP contribution in [0.4, 0.5) is 0 Å². The molecule has 27 heavy (non-hydrogen) atoms. The molecular formula is C22H23N3O2. The summed E-state index contributed by atoms with van der Waals surface area (Å²) in [6, 6.07) is 16.5. The van der Waals surface area contributed by atoms with Crippen molar-refractivity contribution >= 4 is 0 Å². The van der Waals surface area contributed by atoms with Crippen LogP contribution < -0.4 is 9.47 Å². The predicted molar refractivity (Wildman–Crippen MR) is 105 cm³/mol. The van der Waals surface area contributed by atoms with E-state index in [9.17, 15) is 0 Å². The second-order valence-electron chi connectivity index (χ2n) is 6.50. The van der Waals surface area contributed by atoms with Gasteiger partial charge in [0.2, 0.25) is 0 Å². The van der Waals surface area contributed by atoms with Crippen molar-refractivity contribution in [3.8, 4) is 22.6 Å². The van der Waals surface area contributed by atoms with Crippen LogP contribution in [0.25, 0.3) is 11.1 Å². The highest BCUT2D eigenvalue weighted by molar-refractivity contribution is 5.66. The minimum atomic E-state index is 0.669. The molecule has 2 heterocycles. The third-order valence-corrected chi connectivity index (χ3v) is 4.60. The summed E-state index contributed by atoms with van der Waals surface area (Å²) in [6.45, 7) is 5.73. The van der Waals surface area contributed by atoms with E-state index in [1.54, 1.807) is 12.4 Å². The topological polar surface area (TPSA) is 47.5 Å². The number of benzene rings is 2. The van der Waals surface area contributed by atoms with Gasteiger partial charge in [-0.25, -0.2) is 9.97 Å². The van der Waals surface area contributed by atoms with Crippen LogP contribution in [0.2, 0.25) is 0 Å². The molecule has 0 radical (unpaired) electrons. The summed E-state index contributed by atoms with van der Waals surface area (Å²) in [5, 5.41) is 0. The molecule has 4 rings (SSSR count). The second-order valence-corrected chi connectivity index (χ2v) is 6.50. The SMILES string of the molecule is CCOc1ccc(-c2ccc3c(c2)CN(Cc2ncccn2)CCO3)cc1. The summed E-state index contributed by atoms with van der Waals surface area (Å²) < 4.78 is 11.5. The minimum absolute atomic E-state index is 0.669. The van der Waals surface area contributed by atoms with Crippen LogP contribution in [0.1, 0.15) is 18.3 Å². The number of rotatable bonds is 5. The molecule has 5 nitrogen and oxygen atoms in total. The Morgan fingerprint density at radius 3 is 2.59 bits per heavy atom. The molecule has 0 aliphatic carbocycles. The summed E-state index contributed by atoms with van der Waals surface area (Å²) in [5.74, 6) is 2.69. The molecule has 1 aromatic heterocycles. The van der Waals surface area contributed by atoms with Crippen LogP contribution in [0, 0.1) is 0 Å². The van der Waals surface area contributed by atoms with Crippen LogP contribution in [0.15, 0.2) is 60.9 Å². The van der Waals surface area contributed by atoms with E-state index in [1.807, 2.05) is 25.1 Å². The van der Waals surface area contributed by atoms with Gasteiger partial charge >= 0.3 is 0 Å². The molecule has 0 unspecified atom stereocenters. The Hall–Kier alpha value is -2.92. The third kappa shape index (κ3) is 4.26. The van der Waals surface area contributed by atoms with Crippen molar-refractivity contribution < 1.29 is 9.47 Å². The van der Waals surface area contributed by atoms with Crippen molar-refractivity contribution in [3.05, 3.63) is 72.3 Å². The van der Waals surface area contributed by atoms with Crippen molar-refractivity contribution in [1.29, 1.82) is 0 Å². The van der Waals surface area contributed by atoms with E-state index in [2.05, 4.69) is 45.2 Å². The molecule has 0 amide bonds.